The zero-order valence-corrected chi connectivity index (χ0v) is 17.2. The van der Waals surface area contributed by atoms with Gasteiger partial charge in [-0.05, 0) is 45.5 Å². The van der Waals surface area contributed by atoms with Crippen LogP contribution in [0.4, 0.5) is 4.79 Å². The van der Waals surface area contributed by atoms with E-state index in [1.54, 1.807) is 49.9 Å². The van der Waals surface area contributed by atoms with Crippen LogP contribution in [-0.2, 0) is 9.53 Å². The smallest absolute Gasteiger partial charge is 0.434 e. The first-order valence-corrected chi connectivity index (χ1v) is 9.40. The van der Waals surface area contributed by atoms with Crippen molar-refractivity contribution < 1.29 is 14.3 Å². The minimum atomic E-state index is -0.773. The summed E-state index contributed by atoms with van der Waals surface area (Å²) < 4.78 is 5.30. The van der Waals surface area contributed by atoms with Gasteiger partial charge in [-0.15, -0.1) is 0 Å². The van der Waals surface area contributed by atoms with Crippen molar-refractivity contribution in [2.24, 2.45) is 4.99 Å². The Balaban J connectivity index is 2.32. The maximum Gasteiger partial charge on any atom is 0.434 e. The zero-order valence-electron chi connectivity index (χ0n) is 17.2. The van der Waals surface area contributed by atoms with Gasteiger partial charge in [0.15, 0.2) is 0 Å². The van der Waals surface area contributed by atoms with Gasteiger partial charge in [-0.3, -0.25) is 4.79 Å². The molecule has 1 aromatic rings. The predicted octanol–water partition coefficient (Wildman–Crippen LogP) is 2.81. The summed E-state index contributed by atoms with van der Waals surface area (Å²) in [5.41, 5.74) is 0.805. The van der Waals surface area contributed by atoms with E-state index in [9.17, 15) is 9.59 Å². The van der Waals surface area contributed by atoms with E-state index >= 15 is 0 Å². The van der Waals surface area contributed by atoms with Crippen LogP contribution in [-0.4, -0.2) is 66.3 Å². The molecule has 2 rings (SSSR count). The Labute approximate surface area is 166 Å². The number of hydrogen-bond donors (Lipinski definition) is 0. The number of carbonyl (C=O) groups is 2. The molecular formula is C21H28N4O3. The number of ether oxygens (including phenoxy) is 1. The lowest BCUT2D eigenvalue weighted by atomic mass is 9.94. The van der Waals surface area contributed by atoms with Crippen molar-refractivity contribution in [2.75, 3.05) is 33.2 Å². The molecule has 1 heterocycles. The van der Waals surface area contributed by atoms with Crippen LogP contribution in [0.1, 0.15) is 44.7 Å². The molecule has 1 aliphatic heterocycles. The van der Waals surface area contributed by atoms with Gasteiger partial charge in [0.05, 0.1) is 11.6 Å². The minimum absolute atomic E-state index is 0.156. The monoisotopic (exact) mass is 384 g/mol. The van der Waals surface area contributed by atoms with E-state index in [-0.39, 0.29) is 11.6 Å². The van der Waals surface area contributed by atoms with E-state index in [0.29, 0.717) is 18.7 Å². The second kappa shape index (κ2) is 8.98. The van der Waals surface area contributed by atoms with Crippen LogP contribution in [0.5, 0.6) is 0 Å². The largest absolute Gasteiger partial charge is 0.442 e. The van der Waals surface area contributed by atoms with Crippen LogP contribution < -0.4 is 0 Å². The highest BCUT2D eigenvalue weighted by Gasteiger charge is 2.29. The Morgan fingerprint density at radius 1 is 1.14 bits per heavy atom. The first kappa shape index (κ1) is 21.6. The van der Waals surface area contributed by atoms with Gasteiger partial charge in [0.1, 0.15) is 11.3 Å². The Kier molecular flexibility index (Phi) is 6.92. The third-order valence-electron chi connectivity index (χ3n) is 4.56. The van der Waals surface area contributed by atoms with Crippen molar-refractivity contribution in [1.82, 2.24) is 9.80 Å². The number of aliphatic imine (C=N–C) groups is 1. The Hall–Kier alpha value is -2.72. The highest BCUT2D eigenvalue weighted by Crippen LogP contribution is 2.21. The van der Waals surface area contributed by atoms with Crippen LogP contribution in [0.2, 0.25) is 0 Å². The molecule has 0 spiro atoms. The molecule has 28 heavy (non-hydrogen) atoms. The zero-order chi connectivity index (χ0) is 20.9. The molecular weight excluding hydrogens is 356 g/mol. The molecule has 2 amide bonds. The van der Waals surface area contributed by atoms with E-state index in [2.05, 4.69) is 16.0 Å². The van der Waals surface area contributed by atoms with Crippen LogP contribution in [0.15, 0.2) is 29.3 Å². The number of amides is 2. The van der Waals surface area contributed by atoms with Gasteiger partial charge in [-0.25, -0.2) is 4.79 Å². The number of benzene rings is 1. The third kappa shape index (κ3) is 5.89. The average molecular weight is 384 g/mol. The molecule has 150 valence electrons. The van der Waals surface area contributed by atoms with Gasteiger partial charge in [0, 0.05) is 32.1 Å². The minimum Gasteiger partial charge on any atom is -0.442 e. The fourth-order valence-electron chi connectivity index (χ4n) is 2.89. The van der Waals surface area contributed by atoms with Crippen LogP contribution in [0, 0.1) is 11.3 Å². The standard InChI is InChI=1S/C21H28N4O3/c1-15(17-8-6-16(14-22)7-9-17)18(23-20(27)28-21(2,3)4)19(26)25-12-10-24(5)11-13-25/h6-9,15H,10-13H2,1-5H3/b23-18+. The topological polar surface area (TPSA) is 86.0 Å². The summed E-state index contributed by atoms with van der Waals surface area (Å²) in [6.07, 6.45) is -0.773. The van der Waals surface area contributed by atoms with E-state index in [0.717, 1.165) is 18.7 Å². The fraction of sp³-hybridized carbons (Fsp3) is 0.524. The molecule has 1 unspecified atom stereocenters. The van der Waals surface area contributed by atoms with E-state index < -0.39 is 17.6 Å². The normalized spacial score (nSPS) is 17.0. The molecule has 1 aliphatic rings. The Morgan fingerprint density at radius 3 is 2.21 bits per heavy atom. The second-order valence-corrected chi connectivity index (χ2v) is 8.03. The highest BCUT2D eigenvalue weighted by molar-refractivity contribution is 6.42. The molecule has 0 aliphatic carbocycles. The highest BCUT2D eigenvalue weighted by atomic mass is 16.6. The molecule has 0 radical (unpaired) electrons. The first-order chi connectivity index (χ1) is 13.1. The summed E-state index contributed by atoms with van der Waals surface area (Å²) in [6, 6.07) is 9.02. The number of rotatable bonds is 3. The number of carbonyl (C=O) groups excluding carboxylic acids is 2. The van der Waals surface area contributed by atoms with E-state index in [1.807, 2.05) is 14.0 Å². The average Bonchev–Trinajstić information content (AvgIpc) is 2.64. The number of piperazine rings is 1. The van der Waals surface area contributed by atoms with E-state index in [1.165, 1.54) is 0 Å². The number of nitrogens with zero attached hydrogens (tertiary/aromatic N) is 4. The molecule has 1 aromatic carbocycles. The lowest BCUT2D eigenvalue weighted by Crippen LogP contribution is -2.50. The summed E-state index contributed by atoms with van der Waals surface area (Å²) in [7, 11) is 2.01. The van der Waals surface area contributed by atoms with Gasteiger partial charge >= 0.3 is 6.09 Å². The lowest BCUT2D eigenvalue weighted by Gasteiger charge is -2.33. The Morgan fingerprint density at radius 2 is 1.71 bits per heavy atom. The molecule has 7 nitrogen and oxygen atoms in total. The van der Waals surface area contributed by atoms with Crippen molar-refractivity contribution >= 4 is 17.7 Å². The maximum atomic E-state index is 13.2. The second-order valence-electron chi connectivity index (χ2n) is 8.03. The first-order valence-electron chi connectivity index (χ1n) is 9.40. The molecule has 0 bridgehead atoms. The molecule has 0 aromatic heterocycles. The predicted molar refractivity (Wildman–Crippen MR) is 107 cm³/mol. The molecule has 1 fully saturated rings. The van der Waals surface area contributed by atoms with Crippen molar-refractivity contribution in [1.29, 1.82) is 5.26 Å². The van der Waals surface area contributed by atoms with Crippen molar-refractivity contribution in [3.8, 4) is 6.07 Å². The summed E-state index contributed by atoms with van der Waals surface area (Å²) in [5, 5.41) is 8.98. The molecule has 7 heteroatoms. The summed E-state index contributed by atoms with van der Waals surface area (Å²) in [5.74, 6) is -0.664. The Bertz CT molecular complexity index is 779. The summed E-state index contributed by atoms with van der Waals surface area (Å²) >= 11 is 0. The maximum absolute atomic E-state index is 13.2. The van der Waals surface area contributed by atoms with Crippen molar-refractivity contribution in [2.45, 2.75) is 39.2 Å². The SMILES string of the molecule is CC(/C(=N\C(=O)OC(C)(C)C)C(=O)N1CCN(C)CC1)c1ccc(C#N)cc1. The summed E-state index contributed by atoms with van der Waals surface area (Å²) in [6.45, 7) is 9.82. The quantitative estimate of drug-likeness (QED) is 0.748. The van der Waals surface area contributed by atoms with Crippen LogP contribution in [0.3, 0.4) is 0 Å². The van der Waals surface area contributed by atoms with Gasteiger partial charge in [-0.2, -0.15) is 10.3 Å². The van der Waals surface area contributed by atoms with Gasteiger partial charge in [0.25, 0.3) is 5.91 Å². The van der Waals surface area contributed by atoms with E-state index in [4.69, 9.17) is 10.00 Å². The van der Waals surface area contributed by atoms with Crippen molar-refractivity contribution in [3.63, 3.8) is 0 Å². The summed E-state index contributed by atoms with van der Waals surface area (Å²) in [4.78, 5) is 33.4. The van der Waals surface area contributed by atoms with Gasteiger partial charge < -0.3 is 14.5 Å². The fourth-order valence-corrected chi connectivity index (χ4v) is 2.89. The molecule has 0 N–H and O–H groups in total. The molecule has 0 saturated carbocycles. The number of hydrogen-bond acceptors (Lipinski definition) is 5. The lowest BCUT2D eigenvalue weighted by molar-refractivity contribution is -0.125. The van der Waals surface area contributed by atoms with Crippen molar-refractivity contribution in [3.05, 3.63) is 35.4 Å². The molecule has 1 saturated heterocycles. The van der Waals surface area contributed by atoms with Crippen LogP contribution in [0.25, 0.3) is 0 Å². The number of likely N-dealkylation sites (N-methyl/N-ethyl adjacent to an activating group) is 1. The van der Waals surface area contributed by atoms with Gasteiger partial charge in [0.2, 0.25) is 0 Å². The van der Waals surface area contributed by atoms with Crippen LogP contribution >= 0.6 is 0 Å². The molecule has 1 atom stereocenters. The van der Waals surface area contributed by atoms with Gasteiger partial charge in [-0.1, -0.05) is 19.1 Å². The number of nitriles is 1. The third-order valence-corrected chi connectivity index (χ3v) is 4.56.